The molecule has 21 heavy (non-hydrogen) atoms. The van der Waals surface area contributed by atoms with E-state index in [1.165, 1.54) is 40.9 Å². The van der Waals surface area contributed by atoms with Crippen LogP contribution < -0.4 is 0 Å². The molecule has 114 valence electrons. The Morgan fingerprint density at radius 3 is 2.76 bits per heavy atom. The highest BCUT2D eigenvalue weighted by Gasteiger charge is 2.23. The molecule has 0 atom stereocenters. The van der Waals surface area contributed by atoms with E-state index in [4.69, 9.17) is 0 Å². The van der Waals surface area contributed by atoms with Gasteiger partial charge < -0.3 is 10.0 Å². The smallest absolute Gasteiger partial charge is 0.0558 e. The molecule has 0 radical (unpaired) electrons. The Morgan fingerprint density at radius 1 is 1.29 bits per heavy atom. The Balaban J connectivity index is 1.72. The van der Waals surface area contributed by atoms with Crippen LogP contribution in [0.2, 0.25) is 0 Å². The molecule has 0 aliphatic carbocycles. The Labute approximate surface area is 130 Å². The molecule has 0 bridgehead atoms. The van der Waals surface area contributed by atoms with Crippen molar-refractivity contribution in [3.63, 3.8) is 0 Å². The second-order valence-electron chi connectivity index (χ2n) is 5.98. The minimum absolute atomic E-state index is 0.247. The average Bonchev–Trinajstić information content (AvgIpc) is 2.90. The first-order valence-corrected chi connectivity index (χ1v) is 8.59. The molecule has 3 rings (SSSR count). The first-order chi connectivity index (χ1) is 10.3. The number of benzene rings is 1. The maximum atomic E-state index is 9.39. The number of aliphatic hydroxyl groups is 1. The zero-order chi connectivity index (χ0) is 14.7. The summed E-state index contributed by atoms with van der Waals surface area (Å²) in [5.41, 5.74) is 0. The highest BCUT2D eigenvalue weighted by atomic mass is 32.1. The third kappa shape index (κ3) is 3.64. The van der Waals surface area contributed by atoms with Gasteiger partial charge in [0, 0.05) is 28.7 Å². The second kappa shape index (κ2) is 6.88. The van der Waals surface area contributed by atoms with Crippen LogP contribution in [0.4, 0.5) is 0 Å². The van der Waals surface area contributed by atoms with Crippen molar-refractivity contribution in [3.05, 3.63) is 35.2 Å². The third-order valence-corrected chi connectivity index (χ3v) is 5.53. The Hall–Kier alpha value is -0.940. The molecule has 2 aromatic rings. The Morgan fingerprint density at radius 2 is 2.05 bits per heavy atom. The molecular weight excluding hydrogens is 280 g/mol. The number of aliphatic hydroxyl groups excluding tert-OH is 1. The number of piperidine rings is 1. The van der Waals surface area contributed by atoms with Gasteiger partial charge in [0.1, 0.15) is 0 Å². The number of fused-ring (bicyclic) bond motifs is 1. The first-order valence-electron chi connectivity index (χ1n) is 7.77. The van der Waals surface area contributed by atoms with Gasteiger partial charge in [-0.25, -0.2) is 0 Å². The van der Waals surface area contributed by atoms with Gasteiger partial charge in [-0.05, 0) is 50.5 Å². The number of hydrogen-bond donors (Lipinski definition) is 1. The predicted octanol–water partition coefficient (Wildman–Crippen LogP) is 2.79. The highest BCUT2D eigenvalue weighted by Crippen LogP contribution is 2.27. The monoisotopic (exact) mass is 304 g/mol. The summed E-state index contributed by atoms with van der Waals surface area (Å²) in [6.07, 6.45) is 2.42. The van der Waals surface area contributed by atoms with Gasteiger partial charge in [-0.1, -0.05) is 18.2 Å². The summed E-state index contributed by atoms with van der Waals surface area (Å²) in [5, 5.41) is 10.7. The molecule has 1 aliphatic rings. The van der Waals surface area contributed by atoms with Crippen molar-refractivity contribution in [1.82, 2.24) is 9.80 Å². The van der Waals surface area contributed by atoms with Crippen LogP contribution in [0, 0.1) is 0 Å². The summed E-state index contributed by atoms with van der Waals surface area (Å²) in [6.45, 7) is 4.33. The van der Waals surface area contributed by atoms with Crippen molar-refractivity contribution in [3.8, 4) is 0 Å². The van der Waals surface area contributed by atoms with Crippen molar-refractivity contribution in [1.29, 1.82) is 0 Å². The molecular formula is C17H24N2OS. The van der Waals surface area contributed by atoms with Gasteiger partial charge in [0.2, 0.25) is 0 Å². The largest absolute Gasteiger partial charge is 0.395 e. The number of rotatable bonds is 5. The summed E-state index contributed by atoms with van der Waals surface area (Å²) in [4.78, 5) is 6.27. The summed E-state index contributed by atoms with van der Waals surface area (Å²) >= 11 is 1.88. The van der Waals surface area contributed by atoms with E-state index >= 15 is 0 Å². The zero-order valence-electron chi connectivity index (χ0n) is 12.7. The summed E-state index contributed by atoms with van der Waals surface area (Å²) in [6, 6.07) is 11.5. The van der Waals surface area contributed by atoms with E-state index in [1.54, 1.807) is 0 Å². The summed E-state index contributed by atoms with van der Waals surface area (Å²) in [7, 11) is 2.19. The van der Waals surface area contributed by atoms with Crippen molar-refractivity contribution in [2.45, 2.75) is 25.4 Å². The SMILES string of the molecule is CN1CCC(N(CCO)Cc2cc3ccccc3s2)CC1. The van der Waals surface area contributed by atoms with E-state index < -0.39 is 0 Å². The molecule has 1 saturated heterocycles. The van der Waals surface area contributed by atoms with Crippen LogP contribution in [0.3, 0.4) is 0 Å². The first kappa shape index (κ1) is 15.0. The molecule has 0 unspecified atom stereocenters. The summed E-state index contributed by atoms with van der Waals surface area (Å²) < 4.78 is 1.36. The number of hydrogen-bond acceptors (Lipinski definition) is 4. The topological polar surface area (TPSA) is 26.7 Å². The minimum Gasteiger partial charge on any atom is -0.395 e. The lowest BCUT2D eigenvalue weighted by molar-refractivity contribution is 0.0950. The van der Waals surface area contributed by atoms with Crippen LogP contribution in [-0.2, 0) is 6.54 Å². The maximum absolute atomic E-state index is 9.39. The molecule has 0 amide bonds. The van der Waals surface area contributed by atoms with E-state index in [0.29, 0.717) is 6.04 Å². The molecule has 0 spiro atoms. The number of thiophene rings is 1. The van der Waals surface area contributed by atoms with Crippen LogP contribution in [0.15, 0.2) is 30.3 Å². The molecule has 1 N–H and O–H groups in total. The van der Waals surface area contributed by atoms with Crippen LogP contribution in [0.5, 0.6) is 0 Å². The maximum Gasteiger partial charge on any atom is 0.0558 e. The van der Waals surface area contributed by atoms with Gasteiger partial charge in [0.25, 0.3) is 0 Å². The normalized spacial score (nSPS) is 17.9. The van der Waals surface area contributed by atoms with Crippen LogP contribution in [-0.4, -0.2) is 54.2 Å². The van der Waals surface area contributed by atoms with Gasteiger partial charge in [-0.15, -0.1) is 11.3 Å². The molecule has 0 saturated carbocycles. The zero-order valence-corrected chi connectivity index (χ0v) is 13.5. The molecule has 1 aliphatic heterocycles. The van der Waals surface area contributed by atoms with Gasteiger partial charge in [0.05, 0.1) is 6.61 Å². The molecule has 4 heteroatoms. The lowest BCUT2D eigenvalue weighted by atomic mass is 10.0. The van der Waals surface area contributed by atoms with E-state index in [-0.39, 0.29) is 6.61 Å². The average molecular weight is 304 g/mol. The Kier molecular flexibility index (Phi) is 4.91. The van der Waals surface area contributed by atoms with Crippen molar-refractivity contribution >= 4 is 21.4 Å². The lowest BCUT2D eigenvalue weighted by Crippen LogP contribution is -2.44. The Bertz CT molecular complexity index is 542. The fourth-order valence-electron chi connectivity index (χ4n) is 3.19. The minimum atomic E-state index is 0.247. The van der Waals surface area contributed by atoms with E-state index in [0.717, 1.165) is 13.1 Å². The lowest BCUT2D eigenvalue weighted by Gasteiger charge is -2.36. The number of likely N-dealkylation sites (tertiary alicyclic amines) is 1. The van der Waals surface area contributed by atoms with Gasteiger partial charge in [0.15, 0.2) is 0 Å². The van der Waals surface area contributed by atoms with E-state index in [2.05, 4.69) is 47.2 Å². The molecule has 1 aromatic carbocycles. The molecule has 3 nitrogen and oxygen atoms in total. The van der Waals surface area contributed by atoms with Gasteiger partial charge >= 0.3 is 0 Å². The van der Waals surface area contributed by atoms with Crippen molar-refractivity contribution in [2.75, 3.05) is 33.3 Å². The molecule has 1 fully saturated rings. The fourth-order valence-corrected chi connectivity index (χ4v) is 4.28. The number of nitrogens with zero attached hydrogens (tertiary/aromatic N) is 2. The van der Waals surface area contributed by atoms with Gasteiger partial charge in [-0.3, -0.25) is 4.90 Å². The van der Waals surface area contributed by atoms with Crippen LogP contribution >= 0.6 is 11.3 Å². The molecule has 1 aromatic heterocycles. The fraction of sp³-hybridized carbons (Fsp3) is 0.529. The van der Waals surface area contributed by atoms with Crippen LogP contribution in [0.1, 0.15) is 17.7 Å². The highest BCUT2D eigenvalue weighted by molar-refractivity contribution is 7.19. The molecule has 2 heterocycles. The third-order valence-electron chi connectivity index (χ3n) is 4.43. The van der Waals surface area contributed by atoms with Crippen molar-refractivity contribution in [2.24, 2.45) is 0 Å². The van der Waals surface area contributed by atoms with Crippen molar-refractivity contribution < 1.29 is 5.11 Å². The van der Waals surface area contributed by atoms with Gasteiger partial charge in [-0.2, -0.15) is 0 Å². The summed E-state index contributed by atoms with van der Waals surface area (Å²) in [5.74, 6) is 0. The van der Waals surface area contributed by atoms with Crippen LogP contribution in [0.25, 0.3) is 10.1 Å². The van der Waals surface area contributed by atoms with E-state index in [9.17, 15) is 5.11 Å². The standard InChI is InChI=1S/C17H24N2OS/c1-18-8-6-15(7-9-18)19(10-11-20)13-16-12-14-4-2-3-5-17(14)21-16/h2-5,12,15,20H,6-11,13H2,1H3. The second-order valence-corrected chi connectivity index (χ2v) is 7.15. The predicted molar refractivity (Wildman–Crippen MR) is 89.8 cm³/mol. The quantitative estimate of drug-likeness (QED) is 0.920. The van der Waals surface area contributed by atoms with E-state index in [1.807, 2.05) is 11.3 Å².